The van der Waals surface area contributed by atoms with E-state index in [1.54, 1.807) is 12.3 Å². The van der Waals surface area contributed by atoms with Gasteiger partial charge in [0.1, 0.15) is 6.04 Å². The number of nitrogens with zero attached hydrogens (tertiary/aromatic N) is 2. The fraction of sp³-hybridized carbons (Fsp3) is 0.308. The standard InChI is InChI=1S/C13H15N3O3/c1-7-4-9-6-14-15-11(9)10(5-7)12(17)16(3)8(2)13(18)19/h4-6,8H,1-3H3,(H,14,15)(H,18,19). The molecule has 0 aliphatic heterocycles. The fourth-order valence-corrected chi connectivity index (χ4v) is 1.91. The van der Waals surface area contributed by atoms with E-state index in [0.717, 1.165) is 10.9 Å². The van der Waals surface area contributed by atoms with Crippen molar-refractivity contribution in [1.29, 1.82) is 0 Å². The normalized spacial score (nSPS) is 12.4. The average molecular weight is 261 g/mol. The zero-order valence-corrected chi connectivity index (χ0v) is 11.0. The number of carboxylic acid groups (broad SMARTS) is 1. The summed E-state index contributed by atoms with van der Waals surface area (Å²) < 4.78 is 0. The van der Waals surface area contributed by atoms with E-state index in [9.17, 15) is 9.59 Å². The maximum atomic E-state index is 12.4. The number of hydrogen-bond donors (Lipinski definition) is 2. The predicted octanol–water partition coefficient (Wildman–Crippen LogP) is 1.42. The van der Waals surface area contributed by atoms with E-state index in [1.165, 1.54) is 18.9 Å². The number of nitrogens with one attached hydrogen (secondary N) is 1. The molecule has 0 spiro atoms. The maximum Gasteiger partial charge on any atom is 0.326 e. The first-order valence-corrected chi connectivity index (χ1v) is 5.85. The molecule has 0 saturated heterocycles. The summed E-state index contributed by atoms with van der Waals surface area (Å²) in [5, 5.41) is 16.5. The van der Waals surface area contributed by atoms with Gasteiger partial charge >= 0.3 is 5.97 Å². The van der Waals surface area contributed by atoms with Crippen LogP contribution in [0, 0.1) is 6.92 Å². The van der Waals surface area contributed by atoms with Crippen LogP contribution in [0.25, 0.3) is 10.9 Å². The molecule has 2 aromatic rings. The van der Waals surface area contributed by atoms with Crippen LogP contribution in [-0.4, -0.2) is 45.2 Å². The van der Waals surface area contributed by atoms with Gasteiger partial charge in [-0.3, -0.25) is 9.89 Å². The number of benzene rings is 1. The highest BCUT2D eigenvalue weighted by molar-refractivity contribution is 6.06. The Morgan fingerprint density at radius 2 is 2.11 bits per heavy atom. The second kappa shape index (κ2) is 4.72. The lowest BCUT2D eigenvalue weighted by Crippen LogP contribution is -2.40. The lowest BCUT2D eigenvalue weighted by Gasteiger charge is -2.21. The Labute approximate surface area is 110 Å². The first kappa shape index (κ1) is 13.1. The summed E-state index contributed by atoms with van der Waals surface area (Å²) in [6.45, 7) is 3.35. The molecular formula is C13H15N3O3. The Balaban J connectivity index is 2.46. The van der Waals surface area contributed by atoms with E-state index in [-0.39, 0.29) is 5.91 Å². The molecule has 1 aromatic heterocycles. The van der Waals surface area contributed by atoms with Gasteiger partial charge in [0.05, 0.1) is 17.3 Å². The number of H-pyrrole nitrogens is 1. The Bertz CT molecular complexity index is 648. The average Bonchev–Trinajstić information content (AvgIpc) is 2.82. The van der Waals surface area contributed by atoms with E-state index in [1.807, 2.05) is 13.0 Å². The van der Waals surface area contributed by atoms with Crippen LogP contribution in [0.15, 0.2) is 18.3 Å². The molecule has 0 aliphatic rings. The first-order valence-electron chi connectivity index (χ1n) is 5.85. The smallest absolute Gasteiger partial charge is 0.326 e. The molecular weight excluding hydrogens is 246 g/mol. The van der Waals surface area contributed by atoms with Crippen molar-refractivity contribution >= 4 is 22.8 Å². The molecule has 1 amide bonds. The minimum absolute atomic E-state index is 0.340. The van der Waals surface area contributed by atoms with Crippen LogP contribution in [0.1, 0.15) is 22.8 Å². The molecule has 1 heterocycles. The quantitative estimate of drug-likeness (QED) is 0.874. The molecule has 19 heavy (non-hydrogen) atoms. The van der Waals surface area contributed by atoms with E-state index in [0.29, 0.717) is 11.1 Å². The van der Waals surface area contributed by atoms with Gasteiger partial charge in [0.15, 0.2) is 0 Å². The van der Waals surface area contributed by atoms with Crippen molar-refractivity contribution in [3.8, 4) is 0 Å². The number of rotatable bonds is 3. The third-order valence-corrected chi connectivity index (χ3v) is 3.18. The molecule has 1 unspecified atom stereocenters. The highest BCUT2D eigenvalue weighted by atomic mass is 16.4. The van der Waals surface area contributed by atoms with E-state index >= 15 is 0 Å². The van der Waals surface area contributed by atoms with Gasteiger partial charge < -0.3 is 10.0 Å². The molecule has 0 radical (unpaired) electrons. The van der Waals surface area contributed by atoms with Gasteiger partial charge in [0, 0.05) is 12.4 Å². The number of aromatic nitrogens is 2. The van der Waals surface area contributed by atoms with Crippen molar-refractivity contribution in [3.63, 3.8) is 0 Å². The van der Waals surface area contributed by atoms with Gasteiger partial charge in [-0.15, -0.1) is 0 Å². The summed E-state index contributed by atoms with van der Waals surface area (Å²) in [4.78, 5) is 24.5. The molecule has 6 nitrogen and oxygen atoms in total. The highest BCUT2D eigenvalue weighted by Crippen LogP contribution is 2.20. The fourth-order valence-electron chi connectivity index (χ4n) is 1.91. The summed E-state index contributed by atoms with van der Waals surface area (Å²) in [6.07, 6.45) is 1.64. The Morgan fingerprint density at radius 1 is 1.42 bits per heavy atom. The van der Waals surface area contributed by atoms with E-state index in [2.05, 4.69) is 10.2 Å². The Kier molecular flexibility index (Phi) is 3.25. The van der Waals surface area contributed by atoms with Crippen molar-refractivity contribution in [2.75, 3.05) is 7.05 Å². The van der Waals surface area contributed by atoms with Crippen LogP contribution in [0.3, 0.4) is 0 Å². The van der Waals surface area contributed by atoms with Crippen molar-refractivity contribution < 1.29 is 14.7 Å². The third-order valence-electron chi connectivity index (χ3n) is 3.18. The minimum atomic E-state index is -1.04. The zero-order valence-electron chi connectivity index (χ0n) is 11.0. The van der Waals surface area contributed by atoms with Crippen LogP contribution in [0.4, 0.5) is 0 Å². The SMILES string of the molecule is Cc1cc(C(=O)N(C)C(C)C(=O)O)c2[nH]ncc2c1. The number of carbonyl (C=O) groups is 2. The Hall–Kier alpha value is -2.37. The van der Waals surface area contributed by atoms with Gasteiger partial charge in [0.25, 0.3) is 5.91 Å². The van der Waals surface area contributed by atoms with E-state index < -0.39 is 12.0 Å². The molecule has 0 fully saturated rings. The van der Waals surface area contributed by atoms with Crippen molar-refractivity contribution in [3.05, 3.63) is 29.5 Å². The number of aliphatic carboxylic acids is 1. The lowest BCUT2D eigenvalue weighted by atomic mass is 10.1. The number of carboxylic acids is 1. The van der Waals surface area contributed by atoms with Gasteiger partial charge in [-0.2, -0.15) is 5.10 Å². The number of aromatic amines is 1. The number of carbonyl (C=O) groups excluding carboxylic acids is 1. The number of likely N-dealkylation sites (N-methyl/N-ethyl adjacent to an activating group) is 1. The summed E-state index contributed by atoms with van der Waals surface area (Å²) in [5.74, 6) is -1.38. The van der Waals surface area contributed by atoms with Crippen LogP contribution >= 0.6 is 0 Å². The van der Waals surface area contributed by atoms with Crippen LogP contribution < -0.4 is 0 Å². The van der Waals surface area contributed by atoms with Gasteiger partial charge in [0.2, 0.25) is 0 Å². The van der Waals surface area contributed by atoms with Crippen molar-refractivity contribution in [2.24, 2.45) is 0 Å². The number of amides is 1. The maximum absolute atomic E-state index is 12.4. The van der Waals surface area contributed by atoms with Crippen LogP contribution in [0.5, 0.6) is 0 Å². The third kappa shape index (κ3) is 2.29. The van der Waals surface area contributed by atoms with Crippen molar-refractivity contribution in [1.82, 2.24) is 15.1 Å². The topological polar surface area (TPSA) is 86.3 Å². The second-order valence-corrected chi connectivity index (χ2v) is 4.58. The Morgan fingerprint density at radius 3 is 2.74 bits per heavy atom. The molecule has 0 bridgehead atoms. The molecule has 2 N–H and O–H groups in total. The molecule has 0 aliphatic carbocycles. The molecule has 0 saturated carbocycles. The monoisotopic (exact) mass is 261 g/mol. The number of hydrogen-bond acceptors (Lipinski definition) is 3. The number of fused-ring (bicyclic) bond motifs is 1. The van der Waals surface area contributed by atoms with Gasteiger partial charge in [-0.05, 0) is 31.5 Å². The van der Waals surface area contributed by atoms with Crippen molar-refractivity contribution in [2.45, 2.75) is 19.9 Å². The summed E-state index contributed by atoms with van der Waals surface area (Å²) in [7, 11) is 1.48. The molecule has 2 rings (SSSR count). The molecule has 100 valence electrons. The zero-order chi connectivity index (χ0) is 14.2. The van der Waals surface area contributed by atoms with Gasteiger partial charge in [-0.1, -0.05) is 0 Å². The molecule has 1 aromatic carbocycles. The molecule has 1 atom stereocenters. The summed E-state index contributed by atoms with van der Waals surface area (Å²) in [6, 6.07) is 2.76. The predicted molar refractivity (Wildman–Crippen MR) is 70.0 cm³/mol. The van der Waals surface area contributed by atoms with E-state index in [4.69, 9.17) is 5.11 Å². The minimum Gasteiger partial charge on any atom is -0.480 e. The van der Waals surface area contributed by atoms with Crippen LogP contribution in [-0.2, 0) is 4.79 Å². The number of aryl methyl sites for hydroxylation is 1. The van der Waals surface area contributed by atoms with Gasteiger partial charge in [-0.25, -0.2) is 4.79 Å². The summed E-state index contributed by atoms with van der Waals surface area (Å²) >= 11 is 0. The first-order chi connectivity index (χ1) is 8.91. The largest absolute Gasteiger partial charge is 0.480 e. The second-order valence-electron chi connectivity index (χ2n) is 4.58. The lowest BCUT2D eigenvalue weighted by molar-refractivity contribution is -0.141. The highest BCUT2D eigenvalue weighted by Gasteiger charge is 2.24. The summed E-state index contributed by atoms with van der Waals surface area (Å²) in [5.41, 5.74) is 1.98. The molecule has 6 heteroatoms. The van der Waals surface area contributed by atoms with Crippen LogP contribution in [0.2, 0.25) is 0 Å².